The van der Waals surface area contributed by atoms with Gasteiger partial charge in [-0.2, -0.15) is 5.10 Å². The van der Waals surface area contributed by atoms with E-state index in [1.165, 1.54) is 13.1 Å². The fourth-order valence-electron chi connectivity index (χ4n) is 0.938. The molecule has 84 valence electrons. The fourth-order valence-corrected chi connectivity index (χ4v) is 1.12. The van der Waals surface area contributed by atoms with Crippen LogP contribution < -0.4 is 11.1 Å². The van der Waals surface area contributed by atoms with Crippen LogP contribution in [0, 0.1) is 0 Å². The first-order valence-electron chi connectivity index (χ1n) is 4.48. The van der Waals surface area contributed by atoms with E-state index in [2.05, 4.69) is 15.5 Å². The van der Waals surface area contributed by atoms with Crippen molar-refractivity contribution < 1.29 is 4.79 Å². The van der Waals surface area contributed by atoms with Crippen LogP contribution in [-0.4, -0.2) is 18.1 Å². The van der Waals surface area contributed by atoms with E-state index in [0.29, 0.717) is 5.02 Å². The number of amides is 1. The first kappa shape index (κ1) is 12.2. The number of hydrogen-bond acceptors (Lipinski definition) is 3. The number of halogens is 1. The number of nitrogens with one attached hydrogen (secondary N) is 1. The summed E-state index contributed by atoms with van der Waals surface area (Å²) in [5.74, 6) is -0.356. The van der Waals surface area contributed by atoms with E-state index >= 15 is 0 Å². The molecule has 5 nitrogen and oxygen atoms in total. The molecule has 0 unspecified atom stereocenters. The third kappa shape index (κ3) is 4.10. The number of guanidine groups is 1. The number of nitrogens with zero attached hydrogens (tertiary/aromatic N) is 2. The summed E-state index contributed by atoms with van der Waals surface area (Å²) in [5, 5.41) is 10.1. The molecule has 16 heavy (non-hydrogen) atoms. The number of benzene rings is 1. The summed E-state index contributed by atoms with van der Waals surface area (Å²) in [6.07, 6.45) is 1.46. The standard InChI is InChI=1S/C10H11ClN4O/c1-7(16)14-10(12)15-13-6-8-4-2-3-5-9(8)11/h2-6H,1H3,(H3,12,14,15,16). The molecular formula is C10H11ClN4O. The summed E-state index contributed by atoms with van der Waals surface area (Å²) < 4.78 is 0. The van der Waals surface area contributed by atoms with Crippen molar-refractivity contribution in [2.75, 3.05) is 0 Å². The zero-order valence-electron chi connectivity index (χ0n) is 8.64. The van der Waals surface area contributed by atoms with Gasteiger partial charge in [0.05, 0.1) is 6.21 Å². The normalized spacial score (nSPS) is 11.8. The van der Waals surface area contributed by atoms with Gasteiger partial charge in [0, 0.05) is 17.5 Å². The van der Waals surface area contributed by atoms with Crippen molar-refractivity contribution in [3.63, 3.8) is 0 Å². The van der Waals surface area contributed by atoms with Crippen LogP contribution in [0.4, 0.5) is 0 Å². The molecule has 0 aromatic heterocycles. The second kappa shape index (κ2) is 5.87. The number of rotatable bonds is 2. The molecule has 1 aromatic carbocycles. The van der Waals surface area contributed by atoms with Crippen LogP contribution in [0.1, 0.15) is 12.5 Å². The van der Waals surface area contributed by atoms with Gasteiger partial charge in [-0.3, -0.25) is 10.1 Å². The molecule has 3 N–H and O–H groups in total. The number of carbonyl (C=O) groups excluding carboxylic acids is 1. The van der Waals surface area contributed by atoms with Gasteiger partial charge >= 0.3 is 0 Å². The number of carbonyl (C=O) groups is 1. The Morgan fingerprint density at radius 3 is 2.81 bits per heavy atom. The highest BCUT2D eigenvalue weighted by Crippen LogP contribution is 2.12. The van der Waals surface area contributed by atoms with Crippen molar-refractivity contribution in [3.8, 4) is 0 Å². The van der Waals surface area contributed by atoms with E-state index < -0.39 is 0 Å². The van der Waals surface area contributed by atoms with E-state index in [4.69, 9.17) is 17.3 Å². The van der Waals surface area contributed by atoms with Gasteiger partial charge in [0.25, 0.3) is 0 Å². The maximum Gasteiger partial charge on any atom is 0.223 e. The minimum atomic E-state index is -0.297. The quantitative estimate of drug-likeness (QED) is 0.460. The molecule has 0 heterocycles. The summed E-state index contributed by atoms with van der Waals surface area (Å²) in [5.41, 5.74) is 6.07. The summed E-state index contributed by atoms with van der Waals surface area (Å²) in [4.78, 5) is 10.6. The molecule has 1 rings (SSSR count). The number of nitrogens with two attached hydrogens (primary N) is 1. The lowest BCUT2D eigenvalue weighted by molar-refractivity contribution is -0.117. The highest BCUT2D eigenvalue weighted by atomic mass is 35.5. The molecule has 0 radical (unpaired) electrons. The summed E-state index contributed by atoms with van der Waals surface area (Å²) in [6.45, 7) is 1.33. The Hall–Kier alpha value is -1.88. The van der Waals surface area contributed by atoms with Crippen LogP contribution in [0.2, 0.25) is 5.02 Å². The monoisotopic (exact) mass is 238 g/mol. The molecule has 0 spiro atoms. The summed E-state index contributed by atoms with van der Waals surface area (Å²) >= 11 is 5.88. The Balaban J connectivity index is 2.68. The summed E-state index contributed by atoms with van der Waals surface area (Å²) in [6, 6.07) is 7.17. The number of hydrogen-bond donors (Lipinski definition) is 2. The van der Waals surface area contributed by atoms with Crippen LogP contribution >= 0.6 is 11.6 Å². The molecule has 0 aliphatic heterocycles. The minimum absolute atomic E-state index is 0.0594. The molecular weight excluding hydrogens is 228 g/mol. The minimum Gasteiger partial charge on any atom is -0.368 e. The van der Waals surface area contributed by atoms with Gasteiger partial charge in [-0.1, -0.05) is 29.8 Å². The van der Waals surface area contributed by atoms with E-state index in [9.17, 15) is 4.79 Å². The van der Waals surface area contributed by atoms with Gasteiger partial charge in [0.15, 0.2) is 0 Å². The maximum absolute atomic E-state index is 10.6. The van der Waals surface area contributed by atoms with Crippen LogP contribution in [-0.2, 0) is 4.79 Å². The first-order valence-corrected chi connectivity index (χ1v) is 4.86. The average molecular weight is 239 g/mol. The zero-order chi connectivity index (χ0) is 12.0. The Morgan fingerprint density at radius 1 is 1.50 bits per heavy atom. The third-order valence-corrected chi connectivity index (χ3v) is 1.92. The van der Waals surface area contributed by atoms with E-state index in [1.807, 2.05) is 12.1 Å². The van der Waals surface area contributed by atoms with Crippen LogP contribution in [0.15, 0.2) is 34.5 Å². The lowest BCUT2D eigenvalue weighted by Crippen LogP contribution is -2.34. The largest absolute Gasteiger partial charge is 0.368 e. The SMILES string of the molecule is CC(=O)NC(N)=NN=Cc1ccccc1Cl. The Morgan fingerprint density at radius 2 is 2.19 bits per heavy atom. The van der Waals surface area contributed by atoms with Gasteiger partial charge in [0.1, 0.15) is 0 Å². The van der Waals surface area contributed by atoms with Gasteiger partial charge in [-0.25, -0.2) is 0 Å². The molecule has 0 aliphatic carbocycles. The highest BCUT2D eigenvalue weighted by molar-refractivity contribution is 6.33. The van der Waals surface area contributed by atoms with Gasteiger partial charge in [-0.15, -0.1) is 5.10 Å². The average Bonchev–Trinajstić information content (AvgIpc) is 2.19. The molecule has 6 heteroatoms. The Kier molecular flexibility index (Phi) is 4.47. The molecule has 1 amide bonds. The lowest BCUT2D eigenvalue weighted by atomic mass is 10.2. The lowest BCUT2D eigenvalue weighted by Gasteiger charge is -1.97. The smallest absolute Gasteiger partial charge is 0.223 e. The molecule has 1 aromatic rings. The second-order valence-corrected chi connectivity index (χ2v) is 3.34. The maximum atomic E-state index is 10.6. The van der Waals surface area contributed by atoms with Crippen molar-refractivity contribution in [2.45, 2.75) is 6.92 Å². The Labute approximate surface area is 98.0 Å². The van der Waals surface area contributed by atoms with Crippen LogP contribution in [0.25, 0.3) is 0 Å². The van der Waals surface area contributed by atoms with Gasteiger partial charge in [0.2, 0.25) is 11.9 Å². The molecule has 0 atom stereocenters. The molecule has 0 saturated carbocycles. The van der Waals surface area contributed by atoms with Crippen LogP contribution in [0.3, 0.4) is 0 Å². The van der Waals surface area contributed by atoms with Crippen molar-refractivity contribution in [1.82, 2.24) is 5.32 Å². The van der Waals surface area contributed by atoms with Crippen molar-refractivity contribution in [1.29, 1.82) is 0 Å². The molecule has 0 bridgehead atoms. The predicted octanol–water partition coefficient (Wildman–Crippen LogP) is 1.12. The topological polar surface area (TPSA) is 79.8 Å². The third-order valence-electron chi connectivity index (χ3n) is 1.57. The second-order valence-electron chi connectivity index (χ2n) is 2.93. The highest BCUT2D eigenvalue weighted by Gasteiger charge is 1.95. The molecule has 0 aliphatic rings. The fraction of sp³-hybridized carbons (Fsp3) is 0.100. The molecule has 0 saturated heterocycles. The van der Waals surface area contributed by atoms with Crippen molar-refractivity contribution >= 4 is 29.7 Å². The predicted molar refractivity (Wildman–Crippen MR) is 64.5 cm³/mol. The zero-order valence-corrected chi connectivity index (χ0v) is 9.40. The van der Waals surface area contributed by atoms with E-state index in [-0.39, 0.29) is 11.9 Å². The summed E-state index contributed by atoms with van der Waals surface area (Å²) in [7, 11) is 0. The Bertz CT molecular complexity index is 442. The van der Waals surface area contributed by atoms with Gasteiger partial charge < -0.3 is 5.73 Å². The van der Waals surface area contributed by atoms with Crippen molar-refractivity contribution in [2.24, 2.45) is 15.9 Å². The van der Waals surface area contributed by atoms with Gasteiger partial charge in [-0.05, 0) is 6.07 Å². The molecule has 0 fully saturated rings. The van der Waals surface area contributed by atoms with Crippen LogP contribution in [0.5, 0.6) is 0 Å². The van der Waals surface area contributed by atoms with E-state index in [1.54, 1.807) is 12.1 Å². The first-order chi connectivity index (χ1) is 7.59. The van der Waals surface area contributed by atoms with E-state index in [0.717, 1.165) is 5.56 Å². The van der Waals surface area contributed by atoms with Crippen molar-refractivity contribution in [3.05, 3.63) is 34.9 Å².